The molecule has 1 saturated heterocycles. The molecular formula is C23H21ClN4O2. The summed E-state index contributed by atoms with van der Waals surface area (Å²) in [4.78, 5) is 24.4. The third kappa shape index (κ3) is 3.37. The summed E-state index contributed by atoms with van der Waals surface area (Å²) >= 11 is 6.20. The molecule has 0 spiro atoms. The molecule has 0 saturated carbocycles. The number of hydrogen-bond acceptors (Lipinski definition) is 5. The lowest BCUT2D eigenvalue weighted by atomic mass is 10.1. The highest BCUT2D eigenvalue weighted by Crippen LogP contribution is 2.34. The van der Waals surface area contributed by atoms with E-state index in [0.717, 1.165) is 42.5 Å². The number of hydrogen-bond donors (Lipinski definition) is 1. The maximum Gasteiger partial charge on any atom is 0.293 e. The summed E-state index contributed by atoms with van der Waals surface area (Å²) in [6, 6.07) is 13.1. The van der Waals surface area contributed by atoms with Gasteiger partial charge in [-0.15, -0.1) is 0 Å². The molecule has 1 N–H and O–H groups in total. The molecule has 0 radical (unpaired) electrons. The van der Waals surface area contributed by atoms with Gasteiger partial charge in [-0.3, -0.25) is 4.79 Å². The first-order valence-corrected chi connectivity index (χ1v) is 10.5. The van der Waals surface area contributed by atoms with Gasteiger partial charge in [0.05, 0.1) is 0 Å². The molecule has 30 heavy (non-hydrogen) atoms. The fourth-order valence-corrected chi connectivity index (χ4v) is 4.04. The molecule has 1 amide bonds. The lowest BCUT2D eigenvalue weighted by Gasteiger charge is -2.27. The number of benzene rings is 2. The number of halogens is 1. The zero-order chi connectivity index (χ0) is 20.7. The number of aromatic nitrogens is 2. The minimum absolute atomic E-state index is 0.117. The molecule has 0 unspecified atom stereocenters. The number of amides is 1. The molecule has 2 aromatic heterocycles. The highest BCUT2D eigenvalue weighted by Gasteiger charge is 2.24. The first-order chi connectivity index (χ1) is 14.6. The van der Waals surface area contributed by atoms with Crippen LogP contribution in [-0.2, 0) is 0 Å². The van der Waals surface area contributed by atoms with Crippen LogP contribution >= 0.6 is 11.6 Å². The van der Waals surface area contributed by atoms with Crippen molar-refractivity contribution in [2.24, 2.45) is 0 Å². The molecule has 5 rings (SSSR count). The zero-order valence-electron chi connectivity index (χ0n) is 16.6. The van der Waals surface area contributed by atoms with Crippen LogP contribution in [0.3, 0.4) is 0 Å². The average Bonchev–Trinajstić information content (AvgIpc) is 3.15. The van der Waals surface area contributed by atoms with Crippen molar-refractivity contribution in [1.82, 2.24) is 9.97 Å². The van der Waals surface area contributed by atoms with Gasteiger partial charge in [-0.05, 0) is 56.0 Å². The van der Waals surface area contributed by atoms with Gasteiger partial charge in [-0.25, -0.2) is 9.97 Å². The fraction of sp³-hybridized carbons (Fsp3) is 0.261. The Bertz CT molecular complexity index is 1260. The van der Waals surface area contributed by atoms with Crippen LogP contribution in [0.25, 0.3) is 22.1 Å². The van der Waals surface area contributed by atoms with Crippen LogP contribution < -0.4 is 10.2 Å². The molecule has 152 valence electrons. The van der Waals surface area contributed by atoms with E-state index in [1.807, 2.05) is 43.3 Å². The van der Waals surface area contributed by atoms with E-state index in [-0.39, 0.29) is 11.7 Å². The molecular weight excluding hydrogens is 400 g/mol. The molecule has 4 aromatic rings. The molecule has 6 nitrogen and oxygen atoms in total. The number of carbonyl (C=O) groups is 1. The number of rotatable bonds is 3. The Morgan fingerprint density at radius 2 is 1.90 bits per heavy atom. The van der Waals surface area contributed by atoms with Gasteiger partial charge in [0.15, 0.2) is 11.4 Å². The lowest BCUT2D eigenvalue weighted by molar-refractivity contribution is 0.101. The quantitative estimate of drug-likeness (QED) is 0.468. The van der Waals surface area contributed by atoms with Crippen LogP contribution in [0.5, 0.6) is 0 Å². The van der Waals surface area contributed by atoms with Crippen molar-refractivity contribution in [3.63, 3.8) is 0 Å². The van der Waals surface area contributed by atoms with E-state index in [9.17, 15) is 4.79 Å². The van der Waals surface area contributed by atoms with Crippen molar-refractivity contribution in [2.45, 2.75) is 26.2 Å². The van der Waals surface area contributed by atoms with Crippen LogP contribution in [0.2, 0.25) is 5.02 Å². The molecule has 0 aliphatic carbocycles. The summed E-state index contributed by atoms with van der Waals surface area (Å²) in [6.07, 6.45) is 3.39. The molecule has 1 fully saturated rings. The Balaban J connectivity index is 1.61. The first kappa shape index (κ1) is 18.9. The van der Waals surface area contributed by atoms with Crippen LogP contribution in [-0.4, -0.2) is 29.0 Å². The Kier molecular flexibility index (Phi) is 4.79. The monoisotopic (exact) mass is 420 g/mol. The zero-order valence-corrected chi connectivity index (χ0v) is 17.4. The predicted molar refractivity (Wildman–Crippen MR) is 120 cm³/mol. The topological polar surface area (TPSA) is 71.3 Å². The first-order valence-electron chi connectivity index (χ1n) is 10.1. The van der Waals surface area contributed by atoms with Crippen molar-refractivity contribution < 1.29 is 9.21 Å². The average molecular weight is 421 g/mol. The number of carbonyl (C=O) groups excluding carboxylic acids is 1. The molecule has 3 heterocycles. The van der Waals surface area contributed by atoms with Crippen LogP contribution in [0.4, 0.5) is 11.5 Å². The van der Waals surface area contributed by atoms with Crippen LogP contribution in [0.1, 0.15) is 35.4 Å². The normalized spacial score (nSPS) is 14.4. The summed E-state index contributed by atoms with van der Waals surface area (Å²) < 4.78 is 6.10. The van der Waals surface area contributed by atoms with Gasteiger partial charge in [-0.1, -0.05) is 29.8 Å². The molecule has 0 bridgehead atoms. The summed E-state index contributed by atoms with van der Waals surface area (Å²) in [5.74, 6) is 0.426. The van der Waals surface area contributed by atoms with Gasteiger partial charge in [0.2, 0.25) is 5.82 Å². The van der Waals surface area contributed by atoms with E-state index in [2.05, 4.69) is 20.2 Å². The van der Waals surface area contributed by atoms with Gasteiger partial charge in [0.1, 0.15) is 11.1 Å². The third-order valence-corrected chi connectivity index (χ3v) is 5.90. The number of fused-ring (bicyclic) bond motifs is 3. The van der Waals surface area contributed by atoms with E-state index in [1.165, 1.54) is 6.42 Å². The number of nitrogens with one attached hydrogen (secondary N) is 1. The van der Waals surface area contributed by atoms with E-state index in [1.54, 1.807) is 6.07 Å². The predicted octanol–water partition coefficient (Wildman–Crippen LogP) is 5.58. The minimum Gasteiger partial charge on any atom is -0.450 e. The maximum atomic E-state index is 13.0. The largest absolute Gasteiger partial charge is 0.450 e. The second-order valence-electron chi connectivity index (χ2n) is 7.61. The Morgan fingerprint density at radius 1 is 1.10 bits per heavy atom. The molecule has 1 aliphatic rings. The Labute approximate surface area is 178 Å². The summed E-state index contributed by atoms with van der Waals surface area (Å²) in [7, 11) is 0. The summed E-state index contributed by atoms with van der Waals surface area (Å²) in [5, 5.41) is 4.34. The second kappa shape index (κ2) is 7.61. The van der Waals surface area contributed by atoms with Crippen LogP contribution in [0, 0.1) is 6.92 Å². The number of piperidine rings is 1. The van der Waals surface area contributed by atoms with Crippen molar-refractivity contribution >= 4 is 51.1 Å². The van der Waals surface area contributed by atoms with Gasteiger partial charge in [-0.2, -0.15) is 0 Å². The highest BCUT2D eigenvalue weighted by atomic mass is 35.5. The Hall–Kier alpha value is -3.12. The Morgan fingerprint density at radius 3 is 2.70 bits per heavy atom. The van der Waals surface area contributed by atoms with E-state index in [4.69, 9.17) is 16.0 Å². The summed E-state index contributed by atoms with van der Waals surface area (Å²) in [5.41, 5.74) is 3.59. The smallest absolute Gasteiger partial charge is 0.293 e. The van der Waals surface area contributed by atoms with Gasteiger partial charge >= 0.3 is 0 Å². The lowest BCUT2D eigenvalue weighted by Crippen LogP contribution is -2.31. The number of furan rings is 1. The standard InChI is InChI=1S/C23H21ClN4O2/c1-14-9-10-15(13-17(14)24)25-23(29)21-26-19-16-7-3-4-8-18(16)30-20(19)22(27-21)28-11-5-2-6-12-28/h3-4,7-10,13H,2,5-6,11-12H2,1H3,(H,25,29). The van der Waals surface area contributed by atoms with Gasteiger partial charge < -0.3 is 14.6 Å². The van der Waals surface area contributed by atoms with Crippen molar-refractivity contribution in [2.75, 3.05) is 23.3 Å². The SMILES string of the molecule is Cc1ccc(NC(=O)c2nc(N3CCCCC3)c3oc4ccccc4c3n2)cc1Cl. The number of nitrogens with zero attached hydrogens (tertiary/aromatic N) is 3. The van der Waals surface area contributed by atoms with Crippen molar-refractivity contribution in [1.29, 1.82) is 0 Å². The molecule has 0 atom stereocenters. The van der Waals surface area contributed by atoms with E-state index in [0.29, 0.717) is 27.6 Å². The van der Waals surface area contributed by atoms with Crippen molar-refractivity contribution in [3.8, 4) is 0 Å². The number of aryl methyl sites for hydroxylation is 1. The minimum atomic E-state index is -0.375. The van der Waals surface area contributed by atoms with E-state index >= 15 is 0 Å². The molecule has 7 heteroatoms. The van der Waals surface area contributed by atoms with Gasteiger partial charge in [0, 0.05) is 29.2 Å². The second-order valence-corrected chi connectivity index (χ2v) is 8.02. The number of para-hydroxylation sites is 1. The fourth-order valence-electron chi connectivity index (χ4n) is 3.86. The molecule has 1 aliphatic heterocycles. The van der Waals surface area contributed by atoms with Crippen molar-refractivity contribution in [3.05, 3.63) is 58.9 Å². The van der Waals surface area contributed by atoms with Crippen LogP contribution in [0.15, 0.2) is 46.9 Å². The third-order valence-electron chi connectivity index (χ3n) is 5.49. The van der Waals surface area contributed by atoms with E-state index < -0.39 is 0 Å². The summed E-state index contributed by atoms with van der Waals surface area (Å²) in [6.45, 7) is 3.69. The molecule has 2 aromatic carbocycles. The maximum absolute atomic E-state index is 13.0. The highest BCUT2D eigenvalue weighted by molar-refractivity contribution is 6.31. The number of anilines is 2. The van der Waals surface area contributed by atoms with Gasteiger partial charge in [0.25, 0.3) is 5.91 Å².